The number of benzene rings is 2. The van der Waals surface area contributed by atoms with Crippen LogP contribution in [0.5, 0.6) is 5.75 Å². The molecule has 25 heavy (non-hydrogen) atoms. The number of rotatable bonds is 4. The second-order valence-corrected chi connectivity index (χ2v) is 6.31. The molecule has 1 fully saturated rings. The van der Waals surface area contributed by atoms with E-state index in [2.05, 4.69) is 5.32 Å². The molecule has 0 bridgehead atoms. The number of anilines is 2. The molecule has 0 radical (unpaired) electrons. The van der Waals surface area contributed by atoms with Crippen molar-refractivity contribution in [2.45, 2.75) is 20.3 Å². The SMILES string of the molecule is COc1ccccc1NC(=O)[C@@H]1CC(=O)N(c2cccc(C)c2C)C1. The van der Waals surface area contributed by atoms with Crippen molar-refractivity contribution in [1.29, 1.82) is 0 Å². The number of carbonyl (C=O) groups is 2. The zero-order valence-electron chi connectivity index (χ0n) is 14.7. The number of nitrogens with zero attached hydrogens (tertiary/aromatic N) is 1. The summed E-state index contributed by atoms with van der Waals surface area (Å²) in [5, 5.41) is 2.88. The van der Waals surface area contributed by atoms with Crippen LogP contribution in [-0.2, 0) is 9.59 Å². The fourth-order valence-electron chi connectivity index (χ4n) is 3.13. The van der Waals surface area contributed by atoms with Crippen LogP contribution in [0.2, 0.25) is 0 Å². The van der Waals surface area contributed by atoms with Crippen molar-refractivity contribution in [1.82, 2.24) is 0 Å². The first-order chi connectivity index (χ1) is 12.0. The monoisotopic (exact) mass is 338 g/mol. The van der Waals surface area contributed by atoms with Gasteiger partial charge in [0.2, 0.25) is 11.8 Å². The molecule has 2 aromatic rings. The van der Waals surface area contributed by atoms with E-state index in [0.717, 1.165) is 16.8 Å². The van der Waals surface area contributed by atoms with Crippen molar-refractivity contribution < 1.29 is 14.3 Å². The summed E-state index contributed by atoms with van der Waals surface area (Å²) >= 11 is 0. The van der Waals surface area contributed by atoms with E-state index in [1.54, 1.807) is 24.1 Å². The summed E-state index contributed by atoms with van der Waals surface area (Å²) in [5.74, 6) is 0.0448. The van der Waals surface area contributed by atoms with Gasteiger partial charge in [0.05, 0.1) is 18.7 Å². The average Bonchev–Trinajstić information content (AvgIpc) is 2.99. The third-order valence-electron chi connectivity index (χ3n) is 4.73. The van der Waals surface area contributed by atoms with Gasteiger partial charge in [-0.3, -0.25) is 9.59 Å². The molecule has 3 rings (SSSR count). The molecule has 5 nitrogen and oxygen atoms in total. The van der Waals surface area contributed by atoms with Gasteiger partial charge >= 0.3 is 0 Å². The predicted molar refractivity (Wildman–Crippen MR) is 98.0 cm³/mol. The number of amides is 2. The van der Waals surface area contributed by atoms with E-state index in [1.165, 1.54) is 0 Å². The van der Waals surface area contributed by atoms with E-state index < -0.39 is 0 Å². The van der Waals surface area contributed by atoms with E-state index >= 15 is 0 Å². The summed E-state index contributed by atoms with van der Waals surface area (Å²) in [7, 11) is 1.56. The number of ether oxygens (including phenoxy) is 1. The number of para-hydroxylation sites is 2. The van der Waals surface area contributed by atoms with Gasteiger partial charge in [0.1, 0.15) is 5.75 Å². The first-order valence-corrected chi connectivity index (χ1v) is 8.31. The number of carbonyl (C=O) groups excluding carboxylic acids is 2. The van der Waals surface area contributed by atoms with Crippen LogP contribution >= 0.6 is 0 Å². The topological polar surface area (TPSA) is 58.6 Å². The molecule has 0 aromatic heterocycles. The number of hydrogen-bond donors (Lipinski definition) is 1. The lowest BCUT2D eigenvalue weighted by Crippen LogP contribution is -2.28. The van der Waals surface area contributed by atoms with Crippen molar-refractivity contribution in [3.63, 3.8) is 0 Å². The maximum absolute atomic E-state index is 12.6. The highest BCUT2D eigenvalue weighted by atomic mass is 16.5. The maximum Gasteiger partial charge on any atom is 0.229 e. The lowest BCUT2D eigenvalue weighted by molar-refractivity contribution is -0.122. The third-order valence-corrected chi connectivity index (χ3v) is 4.73. The summed E-state index contributed by atoms with van der Waals surface area (Å²) in [5.41, 5.74) is 3.71. The van der Waals surface area contributed by atoms with E-state index in [1.807, 2.05) is 44.2 Å². The zero-order chi connectivity index (χ0) is 18.0. The second-order valence-electron chi connectivity index (χ2n) is 6.31. The number of nitrogens with one attached hydrogen (secondary N) is 1. The fourth-order valence-corrected chi connectivity index (χ4v) is 3.13. The first-order valence-electron chi connectivity index (χ1n) is 8.31. The summed E-state index contributed by atoms with van der Waals surface area (Å²) in [6.07, 6.45) is 0.217. The minimum Gasteiger partial charge on any atom is -0.495 e. The lowest BCUT2D eigenvalue weighted by Gasteiger charge is -2.20. The summed E-state index contributed by atoms with van der Waals surface area (Å²) in [6, 6.07) is 13.1. The molecule has 5 heteroatoms. The van der Waals surface area contributed by atoms with E-state index in [9.17, 15) is 9.59 Å². The van der Waals surface area contributed by atoms with Gasteiger partial charge in [-0.05, 0) is 43.2 Å². The quantitative estimate of drug-likeness (QED) is 0.930. The molecule has 1 aliphatic rings. The van der Waals surface area contributed by atoms with Crippen molar-refractivity contribution >= 4 is 23.2 Å². The normalized spacial score (nSPS) is 16.8. The van der Waals surface area contributed by atoms with Crippen molar-refractivity contribution in [3.8, 4) is 5.75 Å². The van der Waals surface area contributed by atoms with Crippen LogP contribution in [0.25, 0.3) is 0 Å². The molecule has 0 unspecified atom stereocenters. The molecule has 0 spiro atoms. The van der Waals surface area contributed by atoms with Gasteiger partial charge in [-0.2, -0.15) is 0 Å². The standard InChI is InChI=1S/C20H22N2O3/c1-13-7-6-9-17(14(13)2)22-12-15(11-19(22)23)20(24)21-16-8-4-5-10-18(16)25-3/h4-10,15H,11-12H2,1-3H3,(H,21,24)/t15-/m1/s1. The summed E-state index contributed by atoms with van der Waals surface area (Å²) in [4.78, 5) is 26.8. The highest BCUT2D eigenvalue weighted by Crippen LogP contribution is 2.31. The molecular formula is C20H22N2O3. The van der Waals surface area contributed by atoms with Crippen LogP contribution < -0.4 is 15.0 Å². The van der Waals surface area contributed by atoms with Crippen LogP contribution in [0.1, 0.15) is 17.5 Å². The molecule has 1 N–H and O–H groups in total. The fraction of sp³-hybridized carbons (Fsp3) is 0.300. The van der Waals surface area contributed by atoms with E-state index in [-0.39, 0.29) is 24.2 Å². The molecule has 0 aliphatic carbocycles. The van der Waals surface area contributed by atoms with Gasteiger partial charge in [0.15, 0.2) is 0 Å². The Labute approximate surface area is 147 Å². The Kier molecular flexibility index (Phi) is 4.74. The molecule has 130 valence electrons. The third kappa shape index (κ3) is 3.36. The maximum atomic E-state index is 12.6. The Morgan fingerprint density at radius 2 is 1.92 bits per heavy atom. The average molecular weight is 338 g/mol. The molecule has 2 amide bonds. The molecule has 1 heterocycles. The van der Waals surface area contributed by atoms with Crippen molar-refractivity contribution in [2.75, 3.05) is 23.9 Å². The molecule has 1 saturated heterocycles. The van der Waals surface area contributed by atoms with Gasteiger partial charge in [-0.15, -0.1) is 0 Å². The van der Waals surface area contributed by atoms with E-state index in [0.29, 0.717) is 18.0 Å². The Balaban J connectivity index is 1.76. The molecule has 1 atom stereocenters. The second kappa shape index (κ2) is 6.97. The predicted octanol–water partition coefficient (Wildman–Crippen LogP) is 3.30. The highest BCUT2D eigenvalue weighted by molar-refractivity contribution is 6.04. The van der Waals surface area contributed by atoms with Gasteiger partial charge < -0.3 is 15.0 Å². The van der Waals surface area contributed by atoms with Crippen molar-refractivity contribution in [2.24, 2.45) is 5.92 Å². The molecule has 1 aliphatic heterocycles. The number of methoxy groups -OCH3 is 1. The zero-order valence-corrected chi connectivity index (χ0v) is 14.7. The Hall–Kier alpha value is -2.82. The smallest absolute Gasteiger partial charge is 0.229 e. The summed E-state index contributed by atoms with van der Waals surface area (Å²) in [6.45, 7) is 4.41. The first kappa shape index (κ1) is 17.0. The molecule has 0 saturated carbocycles. The molecule has 2 aromatic carbocycles. The van der Waals surface area contributed by atoms with Crippen molar-refractivity contribution in [3.05, 3.63) is 53.6 Å². The van der Waals surface area contributed by atoms with Crippen LogP contribution in [0.3, 0.4) is 0 Å². The Morgan fingerprint density at radius 1 is 1.16 bits per heavy atom. The van der Waals surface area contributed by atoms with Crippen LogP contribution in [-0.4, -0.2) is 25.5 Å². The largest absolute Gasteiger partial charge is 0.495 e. The minimum atomic E-state index is -0.377. The van der Waals surface area contributed by atoms with Gasteiger partial charge in [0.25, 0.3) is 0 Å². The van der Waals surface area contributed by atoms with Crippen LogP contribution in [0.15, 0.2) is 42.5 Å². The van der Waals surface area contributed by atoms with Crippen LogP contribution in [0, 0.1) is 19.8 Å². The van der Waals surface area contributed by atoms with Gasteiger partial charge in [-0.25, -0.2) is 0 Å². The van der Waals surface area contributed by atoms with Gasteiger partial charge in [-0.1, -0.05) is 24.3 Å². The Morgan fingerprint density at radius 3 is 2.68 bits per heavy atom. The van der Waals surface area contributed by atoms with E-state index in [4.69, 9.17) is 4.74 Å². The highest BCUT2D eigenvalue weighted by Gasteiger charge is 2.36. The Bertz CT molecular complexity index is 816. The van der Waals surface area contributed by atoms with Crippen LogP contribution in [0.4, 0.5) is 11.4 Å². The minimum absolute atomic E-state index is 0.0196. The molecular weight excluding hydrogens is 316 g/mol. The van der Waals surface area contributed by atoms with Gasteiger partial charge in [0, 0.05) is 18.7 Å². The number of aryl methyl sites for hydroxylation is 1. The lowest BCUT2D eigenvalue weighted by atomic mass is 10.1. The number of hydrogen-bond acceptors (Lipinski definition) is 3. The summed E-state index contributed by atoms with van der Waals surface area (Å²) < 4.78 is 5.26.